The predicted octanol–water partition coefficient (Wildman–Crippen LogP) is 6.15. The summed E-state index contributed by atoms with van der Waals surface area (Å²) < 4.78 is 23.0. The van der Waals surface area contributed by atoms with Crippen LogP contribution in [0.25, 0.3) is 6.08 Å². The largest absolute Gasteiger partial charge is 0.493 e. The van der Waals surface area contributed by atoms with Crippen molar-refractivity contribution in [1.82, 2.24) is 4.90 Å². The van der Waals surface area contributed by atoms with E-state index in [1.807, 2.05) is 43.3 Å². The lowest BCUT2D eigenvalue weighted by Gasteiger charge is -2.30. The molecule has 6 heteroatoms. The van der Waals surface area contributed by atoms with E-state index in [0.717, 1.165) is 52.5 Å². The zero-order chi connectivity index (χ0) is 26.1. The average Bonchev–Trinajstić information content (AvgIpc) is 3.22. The summed E-state index contributed by atoms with van der Waals surface area (Å²) in [4.78, 5) is 15.5. The van der Waals surface area contributed by atoms with Crippen LogP contribution in [0.4, 0.5) is 0 Å². The Morgan fingerprint density at radius 2 is 1.76 bits per heavy atom. The maximum Gasteiger partial charge on any atom is 0.231 e. The minimum absolute atomic E-state index is 0.0868. The quantitative estimate of drug-likeness (QED) is 0.364. The molecule has 2 aliphatic heterocycles. The average molecular weight is 500 g/mol. The molecule has 192 valence electrons. The van der Waals surface area contributed by atoms with Gasteiger partial charge in [-0.1, -0.05) is 44.2 Å². The molecule has 2 aliphatic rings. The molecule has 0 atom stereocenters. The van der Waals surface area contributed by atoms with Crippen LogP contribution in [0.3, 0.4) is 0 Å². The first-order valence-electron chi connectivity index (χ1n) is 12.6. The van der Waals surface area contributed by atoms with Crippen molar-refractivity contribution >= 4 is 11.9 Å². The van der Waals surface area contributed by atoms with Crippen LogP contribution in [-0.2, 0) is 13.0 Å². The zero-order valence-corrected chi connectivity index (χ0v) is 22.1. The molecule has 0 unspecified atom stereocenters. The van der Waals surface area contributed by atoms with Gasteiger partial charge in [0.15, 0.2) is 17.3 Å². The fourth-order valence-electron chi connectivity index (χ4n) is 4.89. The van der Waals surface area contributed by atoms with Crippen molar-refractivity contribution in [2.24, 2.45) is 0 Å². The Morgan fingerprint density at radius 1 is 1.00 bits per heavy atom. The van der Waals surface area contributed by atoms with E-state index in [1.165, 1.54) is 5.56 Å². The van der Waals surface area contributed by atoms with Crippen LogP contribution in [-0.4, -0.2) is 38.2 Å². The minimum Gasteiger partial charge on any atom is -0.493 e. The van der Waals surface area contributed by atoms with Crippen molar-refractivity contribution in [2.45, 2.75) is 39.7 Å². The molecular weight excluding hydrogens is 466 g/mol. The van der Waals surface area contributed by atoms with Gasteiger partial charge in [-0.3, -0.25) is 9.69 Å². The number of allylic oxidation sites excluding steroid dienone is 1. The van der Waals surface area contributed by atoms with E-state index >= 15 is 0 Å². The maximum atomic E-state index is 13.2. The summed E-state index contributed by atoms with van der Waals surface area (Å²) in [6.07, 6.45) is 2.66. The molecule has 3 aromatic rings. The summed E-state index contributed by atoms with van der Waals surface area (Å²) >= 11 is 0. The summed E-state index contributed by atoms with van der Waals surface area (Å²) in [5.74, 6) is 3.59. The van der Waals surface area contributed by atoms with E-state index in [-0.39, 0.29) is 5.78 Å². The van der Waals surface area contributed by atoms with E-state index in [0.29, 0.717) is 36.3 Å². The summed E-state index contributed by atoms with van der Waals surface area (Å²) in [5.41, 5.74) is 5.86. The van der Waals surface area contributed by atoms with Crippen LogP contribution >= 0.6 is 0 Å². The van der Waals surface area contributed by atoms with Gasteiger partial charge in [-0.25, -0.2) is 0 Å². The number of nitrogens with zero attached hydrogens (tertiary/aromatic N) is 1. The van der Waals surface area contributed by atoms with Gasteiger partial charge in [0.1, 0.15) is 18.2 Å². The number of benzene rings is 3. The highest BCUT2D eigenvalue weighted by molar-refractivity contribution is 6.15. The highest BCUT2D eigenvalue weighted by atomic mass is 16.5. The third-order valence-corrected chi connectivity index (χ3v) is 7.07. The van der Waals surface area contributed by atoms with E-state index in [4.69, 9.17) is 18.9 Å². The Bertz CT molecular complexity index is 1360. The molecule has 0 N–H and O–H groups in total. The molecule has 5 rings (SSSR count). The summed E-state index contributed by atoms with van der Waals surface area (Å²) in [6.45, 7) is 8.30. The van der Waals surface area contributed by atoms with Crippen molar-refractivity contribution in [2.75, 3.05) is 27.5 Å². The third-order valence-electron chi connectivity index (χ3n) is 7.07. The zero-order valence-electron chi connectivity index (χ0n) is 22.1. The van der Waals surface area contributed by atoms with Gasteiger partial charge in [0.2, 0.25) is 5.78 Å². The van der Waals surface area contributed by atoms with Gasteiger partial charge in [0.25, 0.3) is 0 Å². The molecule has 0 aliphatic carbocycles. The van der Waals surface area contributed by atoms with Gasteiger partial charge >= 0.3 is 0 Å². The predicted molar refractivity (Wildman–Crippen MR) is 144 cm³/mol. The summed E-state index contributed by atoms with van der Waals surface area (Å²) in [7, 11) is 3.28. The molecule has 6 nitrogen and oxygen atoms in total. The molecule has 0 aromatic heterocycles. The number of methoxy groups -OCH3 is 2. The minimum atomic E-state index is -0.0868. The second kappa shape index (κ2) is 10.3. The van der Waals surface area contributed by atoms with Gasteiger partial charge < -0.3 is 18.9 Å². The highest BCUT2D eigenvalue weighted by Crippen LogP contribution is 2.43. The Balaban J connectivity index is 1.31. The van der Waals surface area contributed by atoms with Gasteiger partial charge in [0, 0.05) is 24.2 Å². The molecular formula is C31H33NO5. The highest BCUT2D eigenvalue weighted by Gasteiger charge is 2.33. The molecule has 0 bridgehead atoms. The van der Waals surface area contributed by atoms with Crippen molar-refractivity contribution in [1.29, 1.82) is 0 Å². The maximum absolute atomic E-state index is 13.2. The van der Waals surface area contributed by atoms with E-state index < -0.39 is 0 Å². The number of ether oxygens (including phenoxy) is 4. The molecule has 0 fully saturated rings. The molecule has 2 heterocycles. The van der Waals surface area contributed by atoms with Crippen LogP contribution < -0.4 is 18.9 Å². The SMILES string of the molecule is COc1ccc(CCN2COc3c(cc4c(c3C)O/C(=C\c3ccc(C(C)C)cc3)C4=O)C2)cc1OC. The van der Waals surface area contributed by atoms with Gasteiger partial charge in [-0.2, -0.15) is 0 Å². The van der Waals surface area contributed by atoms with Crippen LogP contribution in [0.1, 0.15) is 57.9 Å². The van der Waals surface area contributed by atoms with Gasteiger partial charge in [0.05, 0.1) is 19.8 Å². The van der Waals surface area contributed by atoms with E-state index in [2.05, 4.69) is 36.9 Å². The van der Waals surface area contributed by atoms with Crippen molar-refractivity contribution in [3.05, 3.63) is 87.7 Å². The number of Topliss-reactive ketones (excluding diaryl/α,β-unsaturated/α-hetero) is 1. The molecule has 0 spiro atoms. The number of hydrogen-bond acceptors (Lipinski definition) is 6. The van der Waals surface area contributed by atoms with Crippen LogP contribution in [0.15, 0.2) is 54.3 Å². The van der Waals surface area contributed by atoms with Gasteiger partial charge in [-0.05, 0) is 60.2 Å². The molecule has 0 radical (unpaired) electrons. The molecule has 37 heavy (non-hydrogen) atoms. The Hall–Kier alpha value is -3.77. The number of carbonyl (C=O) groups is 1. The van der Waals surface area contributed by atoms with Crippen LogP contribution in [0.2, 0.25) is 0 Å². The lowest BCUT2D eigenvalue weighted by atomic mass is 9.99. The Labute approximate surface area is 218 Å². The van der Waals surface area contributed by atoms with Crippen molar-refractivity contribution < 1.29 is 23.7 Å². The third kappa shape index (κ3) is 4.94. The fraction of sp³-hybridized carbons (Fsp3) is 0.323. The smallest absolute Gasteiger partial charge is 0.231 e. The fourth-order valence-corrected chi connectivity index (χ4v) is 4.89. The Kier molecular flexibility index (Phi) is 6.94. The monoisotopic (exact) mass is 499 g/mol. The second-order valence-corrected chi connectivity index (χ2v) is 9.89. The standard InChI is InChI=1S/C31H33NO5/c1-19(2)23-9-6-21(7-10-23)15-28-29(33)25-16-24-17-32(18-36-30(24)20(3)31(25)37-28)13-12-22-8-11-26(34-4)27(14-22)35-5/h6-11,14-16,19H,12-13,17-18H2,1-5H3/b28-15-. The molecule has 0 saturated carbocycles. The number of fused-ring (bicyclic) bond motifs is 2. The number of hydrogen-bond donors (Lipinski definition) is 0. The van der Waals surface area contributed by atoms with E-state index in [1.54, 1.807) is 14.2 Å². The number of carbonyl (C=O) groups excluding carboxylic acids is 1. The topological polar surface area (TPSA) is 57.2 Å². The first-order valence-corrected chi connectivity index (χ1v) is 12.6. The Morgan fingerprint density at radius 3 is 2.46 bits per heavy atom. The first kappa shape index (κ1) is 24.9. The van der Waals surface area contributed by atoms with Crippen molar-refractivity contribution in [3.63, 3.8) is 0 Å². The van der Waals surface area contributed by atoms with Crippen LogP contribution in [0.5, 0.6) is 23.0 Å². The van der Waals surface area contributed by atoms with Crippen LogP contribution in [0, 0.1) is 6.92 Å². The summed E-state index contributed by atoms with van der Waals surface area (Å²) in [5, 5.41) is 0. The number of ketones is 1. The lowest BCUT2D eigenvalue weighted by Crippen LogP contribution is -2.34. The molecule has 3 aromatic carbocycles. The molecule has 0 saturated heterocycles. The molecule has 0 amide bonds. The van der Waals surface area contributed by atoms with E-state index in [9.17, 15) is 4.79 Å². The van der Waals surface area contributed by atoms with Crippen molar-refractivity contribution in [3.8, 4) is 23.0 Å². The second-order valence-electron chi connectivity index (χ2n) is 9.89. The van der Waals surface area contributed by atoms with Gasteiger partial charge in [-0.15, -0.1) is 0 Å². The first-order chi connectivity index (χ1) is 17.9. The summed E-state index contributed by atoms with van der Waals surface area (Å²) in [6, 6.07) is 16.2. The number of rotatable bonds is 7. The normalized spacial score (nSPS) is 15.8. The lowest BCUT2D eigenvalue weighted by molar-refractivity contribution is 0.0953.